The fourth-order valence-electron chi connectivity index (χ4n) is 1.46. The number of hydrogen-bond donors (Lipinski definition) is 2. The number of aromatic nitrogens is 2. The fourth-order valence-corrected chi connectivity index (χ4v) is 2.44. The zero-order valence-corrected chi connectivity index (χ0v) is 11.8. The summed E-state index contributed by atoms with van der Waals surface area (Å²) >= 11 is 0. The first-order chi connectivity index (χ1) is 8.49. The van der Waals surface area contributed by atoms with Crippen molar-refractivity contribution in [3.8, 4) is 0 Å². The van der Waals surface area contributed by atoms with Gasteiger partial charge in [0.05, 0.1) is 5.75 Å². The number of nitrogens with one attached hydrogen (secondary N) is 2. The van der Waals surface area contributed by atoms with E-state index in [0.717, 1.165) is 13.0 Å². The quantitative estimate of drug-likeness (QED) is 0.630. The molecule has 0 saturated carbocycles. The van der Waals surface area contributed by atoms with E-state index in [1.807, 2.05) is 26.1 Å². The molecule has 6 nitrogen and oxygen atoms in total. The molecule has 0 bridgehead atoms. The Kier molecular flexibility index (Phi) is 6.31. The second-order valence-corrected chi connectivity index (χ2v) is 6.37. The summed E-state index contributed by atoms with van der Waals surface area (Å²) < 4.78 is 27.6. The number of nitrogens with zero attached hydrogens (tertiary/aromatic N) is 2. The SMILES string of the molecule is CC(C)NCCS(=O)(=O)NCCCn1cccn1. The van der Waals surface area contributed by atoms with Gasteiger partial charge in [0.2, 0.25) is 10.0 Å². The molecule has 18 heavy (non-hydrogen) atoms. The highest BCUT2D eigenvalue weighted by Crippen LogP contribution is 1.90. The van der Waals surface area contributed by atoms with Crippen LogP contribution in [0.5, 0.6) is 0 Å². The summed E-state index contributed by atoms with van der Waals surface area (Å²) in [5.41, 5.74) is 0. The molecule has 0 saturated heterocycles. The maximum absolute atomic E-state index is 11.6. The molecule has 0 aliphatic carbocycles. The minimum Gasteiger partial charge on any atom is -0.313 e. The van der Waals surface area contributed by atoms with E-state index in [-0.39, 0.29) is 5.75 Å². The molecule has 0 aliphatic rings. The van der Waals surface area contributed by atoms with Crippen molar-refractivity contribution in [2.24, 2.45) is 0 Å². The summed E-state index contributed by atoms with van der Waals surface area (Å²) in [4.78, 5) is 0. The van der Waals surface area contributed by atoms with Crippen molar-refractivity contribution in [1.82, 2.24) is 19.8 Å². The number of hydrogen-bond acceptors (Lipinski definition) is 4. The van der Waals surface area contributed by atoms with Gasteiger partial charge in [-0.25, -0.2) is 13.1 Å². The van der Waals surface area contributed by atoms with Crippen LogP contribution in [0.2, 0.25) is 0 Å². The van der Waals surface area contributed by atoms with E-state index in [1.165, 1.54) is 0 Å². The highest BCUT2D eigenvalue weighted by molar-refractivity contribution is 7.89. The molecule has 0 aromatic carbocycles. The number of aryl methyl sites for hydroxylation is 1. The molecular weight excluding hydrogens is 252 g/mol. The Hall–Kier alpha value is -0.920. The molecule has 0 radical (unpaired) electrons. The molecule has 104 valence electrons. The van der Waals surface area contributed by atoms with Crippen molar-refractivity contribution in [1.29, 1.82) is 0 Å². The van der Waals surface area contributed by atoms with Crippen LogP contribution in [0.4, 0.5) is 0 Å². The molecule has 1 rings (SSSR count). The summed E-state index contributed by atoms with van der Waals surface area (Å²) in [6.45, 7) is 5.63. The van der Waals surface area contributed by atoms with Gasteiger partial charge in [-0.3, -0.25) is 4.68 Å². The highest BCUT2D eigenvalue weighted by Gasteiger charge is 2.08. The summed E-state index contributed by atoms with van der Waals surface area (Å²) in [6.07, 6.45) is 4.31. The third-order valence-corrected chi connectivity index (χ3v) is 3.75. The Morgan fingerprint density at radius 3 is 2.72 bits per heavy atom. The van der Waals surface area contributed by atoms with Crippen molar-refractivity contribution in [3.05, 3.63) is 18.5 Å². The van der Waals surface area contributed by atoms with E-state index in [1.54, 1.807) is 10.9 Å². The molecule has 1 heterocycles. The first kappa shape index (κ1) is 15.1. The molecule has 0 atom stereocenters. The van der Waals surface area contributed by atoms with E-state index in [2.05, 4.69) is 15.1 Å². The van der Waals surface area contributed by atoms with Crippen LogP contribution < -0.4 is 10.0 Å². The van der Waals surface area contributed by atoms with Crippen molar-refractivity contribution < 1.29 is 8.42 Å². The molecule has 0 spiro atoms. The van der Waals surface area contributed by atoms with Crippen molar-refractivity contribution in [2.45, 2.75) is 32.9 Å². The maximum atomic E-state index is 11.6. The predicted octanol–water partition coefficient (Wildman–Crippen LogP) is 0.191. The minimum atomic E-state index is -3.16. The van der Waals surface area contributed by atoms with Crippen molar-refractivity contribution in [3.63, 3.8) is 0 Å². The van der Waals surface area contributed by atoms with Gasteiger partial charge >= 0.3 is 0 Å². The Morgan fingerprint density at radius 1 is 1.33 bits per heavy atom. The molecule has 0 aliphatic heterocycles. The third kappa shape index (κ3) is 6.73. The van der Waals surface area contributed by atoms with E-state index in [0.29, 0.717) is 19.1 Å². The van der Waals surface area contributed by atoms with E-state index in [9.17, 15) is 8.42 Å². The number of rotatable bonds is 9. The van der Waals surface area contributed by atoms with Crippen LogP contribution in [0.15, 0.2) is 18.5 Å². The molecule has 1 aromatic heterocycles. The lowest BCUT2D eigenvalue weighted by molar-refractivity contribution is 0.547. The van der Waals surface area contributed by atoms with Gasteiger partial charge in [0.25, 0.3) is 0 Å². The van der Waals surface area contributed by atoms with Gasteiger partial charge in [0.15, 0.2) is 0 Å². The molecule has 2 N–H and O–H groups in total. The summed E-state index contributed by atoms with van der Waals surface area (Å²) in [5, 5.41) is 7.13. The van der Waals surface area contributed by atoms with Gasteiger partial charge in [-0.2, -0.15) is 5.10 Å². The van der Waals surface area contributed by atoms with Crippen LogP contribution in [-0.2, 0) is 16.6 Å². The van der Waals surface area contributed by atoms with Gasteiger partial charge in [-0.1, -0.05) is 13.8 Å². The van der Waals surface area contributed by atoms with Gasteiger partial charge < -0.3 is 5.32 Å². The summed E-state index contributed by atoms with van der Waals surface area (Å²) in [6, 6.07) is 2.15. The highest BCUT2D eigenvalue weighted by atomic mass is 32.2. The standard InChI is InChI=1S/C11H22N4O2S/c1-11(2)12-7-10-18(16,17)14-6-4-9-15-8-3-5-13-15/h3,5,8,11-12,14H,4,6-7,9-10H2,1-2H3. The first-order valence-corrected chi connectivity index (χ1v) is 7.83. The van der Waals surface area contributed by atoms with Crippen molar-refractivity contribution >= 4 is 10.0 Å². The van der Waals surface area contributed by atoms with Gasteiger partial charge in [-0.15, -0.1) is 0 Å². The maximum Gasteiger partial charge on any atom is 0.212 e. The molecule has 1 aromatic rings. The van der Waals surface area contributed by atoms with Crippen LogP contribution in [0.25, 0.3) is 0 Å². The van der Waals surface area contributed by atoms with Crippen LogP contribution >= 0.6 is 0 Å². The smallest absolute Gasteiger partial charge is 0.212 e. The zero-order valence-electron chi connectivity index (χ0n) is 11.0. The van der Waals surface area contributed by atoms with Crippen LogP contribution in [0, 0.1) is 0 Å². The lowest BCUT2D eigenvalue weighted by Gasteiger charge is -2.09. The normalized spacial score (nSPS) is 12.2. The van der Waals surface area contributed by atoms with Crippen LogP contribution in [0.1, 0.15) is 20.3 Å². The zero-order chi connectivity index (χ0) is 13.4. The summed E-state index contributed by atoms with van der Waals surface area (Å²) in [5.74, 6) is 0.118. The second kappa shape index (κ2) is 7.50. The lowest BCUT2D eigenvalue weighted by Crippen LogP contribution is -2.35. The summed E-state index contributed by atoms with van der Waals surface area (Å²) in [7, 11) is -3.16. The van der Waals surface area contributed by atoms with Crippen LogP contribution in [-0.4, -0.2) is 43.1 Å². The minimum absolute atomic E-state index is 0.118. The lowest BCUT2D eigenvalue weighted by atomic mass is 10.4. The largest absolute Gasteiger partial charge is 0.313 e. The molecular formula is C11H22N4O2S. The Balaban J connectivity index is 2.13. The first-order valence-electron chi connectivity index (χ1n) is 6.18. The average Bonchev–Trinajstić information content (AvgIpc) is 2.76. The van der Waals surface area contributed by atoms with Crippen molar-refractivity contribution in [2.75, 3.05) is 18.8 Å². The van der Waals surface area contributed by atoms with E-state index >= 15 is 0 Å². The van der Waals surface area contributed by atoms with E-state index in [4.69, 9.17) is 0 Å². The topological polar surface area (TPSA) is 76.0 Å². The average molecular weight is 274 g/mol. The second-order valence-electron chi connectivity index (χ2n) is 4.44. The Labute approximate surface area is 109 Å². The number of sulfonamides is 1. The molecule has 7 heteroatoms. The van der Waals surface area contributed by atoms with Gasteiger partial charge in [0, 0.05) is 38.1 Å². The van der Waals surface area contributed by atoms with Crippen LogP contribution in [0.3, 0.4) is 0 Å². The third-order valence-electron chi connectivity index (χ3n) is 2.37. The molecule has 0 fully saturated rings. The molecule has 0 amide bonds. The monoisotopic (exact) mass is 274 g/mol. The Bertz CT molecular complexity index is 414. The Morgan fingerprint density at radius 2 is 2.11 bits per heavy atom. The van der Waals surface area contributed by atoms with Gasteiger partial charge in [-0.05, 0) is 12.5 Å². The molecule has 0 unspecified atom stereocenters. The predicted molar refractivity (Wildman–Crippen MR) is 71.8 cm³/mol. The van der Waals surface area contributed by atoms with Gasteiger partial charge in [0.1, 0.15) is 0 Å². The fraction of sp³-hybridized carbons (Fsp3) is 0.727. The van der Waals surface area contributed by atoms with E-state index < -0.39 is 10.0 Å².